The Bertz CT molecular complexity index is 667. The number of aryl methyl sites for hydroxylation is 1. The van der Waals surface area contributed by atoms with E-state index in [9.17, 15) is 0 Å². The molecule has 0 aromatic heterocycles. The highest BCUT2D eigenvalue weighted by atomic mass is 16.5. The molecule has 0 bridgehead atoms. The van der Waals surface area contributed by atoms with Crippen molar-refractivity contribution in [2.45, 2.75) is 72.4 Å². The molecular weight excluding hydrogens is 346 g/mol. The molecule has 3 heteroatoms. The van der Waals surface area contributed by atoms with Crippen molar-refractivity contribution in [2.24, 2.45) is 0 Å². The van der Waals surface area contributed by atoms with Gasteiger partial charge in [-0.3, -0.25) is 0 Å². The minimum absolute atomic E-state index is 0.552. The quantitative estimate of drug-likeness (QED) is 0.382. The van der Waals surface area contributed by atoms with Crippen molar-refractivity contribution in [1.82, 2.24) is 5.32 Å². The number of hydrogen-bond acceptors (Lipinski definition) is 3. The van der Waals surface area contributed by atoms with Crippen molar-refractivity contribution >= 4 is 0 Å². The second-order valence-electron chi connectivity index (χ2n) is 7.43. The lowest BCUT2D eigenvalue weighted by Crippen LogP contribution is -2.14. The monoisotopic (exact) mass is 383 g/mol. The summed E-state index contributed by atoms with van der Waals surface area (Å²) in [4.78, 5) is 0. The fourth-order valence-electron chi connectivity index (χ4n) is 3.16. The summed E-state index contributed by atoms with van der Waals surface area (Å²) in [7, 11) is 0. The second kappa shape index (κ2) is 13.2. The molecule has 0 spiro atoms. The van der Waals surface area contributed by atoms with Gasteiger partial charge >= 0.3 is 0 Å². The molecule has 0 saturated heterocycles. The van der Waals surface area contributed by atoms with Gasteiger partial charge in [-0.25, -0.2) is 0 Å². The fourth-order valence-corrected chi connectivity index (χ4v) is 3.16. The molecule has 0 unspecified atom stereocenters. The van der Waals surface area contributed by atoms with E-state index in [1.54, 1.807) is 0 Å². The van der Waals surface area contributed by atoms with E-state index < -0.39 is 0 Å². The third-order valence-corrected chi connectivity index (χ3v) is 4.86. The molecule has 0 heterocycles. The van der Waals surface area contributed by atoms with Crippen LogP contribution in [-0.2, 0) is 13.2 Å². The lowest BCUT2D eigenvalue weighted by atomic mass is 10.1. The highest BCUT2D eigenvalue weighted by molar-refractivity contribution is 5.43. The second-order valence-corrected chi connectivity index (χ2v) is 7.43. The summed E-state index contributed by atoms with van der Waals surface area (Å²) in [5.41, 5.74) is 3.66. The summed E-state index contributed by atoms with van der Waals surface area (Å²) in [5.74, 6) is 1.63. The zero-order valence-electron chi connectivity index (χ0n) is 17.9. The lowest BCUT2D eigenvalue weighted by molar-refractivity contribution is 0.269. The average Bonchev–Trinajstić information content (AvgIpc) is 2.71. The molecule has 3 nitrogen and oxygen atoms in total. The Balaban J connectivity index is 1.79. The molecule has 2 aromatic rings. The standard InChI is InChI=1S/C25H37NO2/c1-4-6-7-8-9-10-17-26-19-23-15-16-24(25(18-23)27-5-2)28-20-22-13-11-21(3)12-14-22/h11-16,18,26H,4-10,17,19-20H2,1-3H3. The average molecular weight is 384 g/mol. The molecular formula is C25H37NO2. The van der Waals surface area contributed by atoms with Gasteiger partial charge in [-0.05, 0) is 50.1 Å². The van der Waals surface area contributed by atoms with Crippen molar-refractivity contribution in [3.8, 4) is 11.5 Å². The Morgan fingerprint density at radius 2 is 1.46 bits per heavy atom. The van der Waals surface area contributed by atoms with Gasteiger partial charge < -0.3 is 14.8 Å². The molecule has 0 amide bonds. The Morgan fingerprint density at radius 3 is 2.21 bits per heavy atom. The van der Waals surface area contributed by atoms with Crippen LogP contribution in [0, 0.1) is 6.92 Å². The van der Waals surface area contributed by atoms with E-state index in [1.165, 1.54) is 49.7 Å². The highest BCUT2D eigenvalue weighted by Crippen LogP contribution is 2.29. The Hall–Kier alpha value is -2.00. The minimum Gasteiger partial charge on any atom is -0.490 e. The van der Waals surface area contributed by atoms with Gasteiger partial charge in [-0.15, -0.1) is 0 Å². The van der Waals surface area contributed by atoms with E-state index in [2.05, 4.69) is 55.6 Å². The summed E-state index contributed by atoms with van der Waals surface area (Å²) in [6.45, 7) is 9.49. The number of rotatable bonds is 14. The summed E-state index contributed by atoms with van der Waals surface area (Å²) in [6, 6.07) is 14.7. The Labute approximate surface area is 171 Å². The van der Waals surface area contributed by atoms with Crippen molar-refractivity contribution in [2.75, 3.05) is 13.2 Å². The predicted molar refractivity (Wildman–Crippen MR) is 118 cm³/mol. The van der Waals surface area contributed by atoms with Crippen LogP contribution in [-0.4, -0.2) is 13.2 Å². The minimum atomic E-state index is 0.552. The molecule has 0 radical (unpaired) electrons. The number of benzene rings is 2. The number of ether oxygens (including phenoxy) is 2. The van der Waals surface area contributed by atoms with E-state index in [1.807, 2.05) is 13.0 Å². The van der Waals surface area contributed by atoms with Crippen molar-refractivity contribution < 1.29 is 9.47 Å². The van der Waals surface area contributed by atoms with Gasteiger partial charge in [-0.2, -0.15) is 0 Å². The maximum atomic E-state index is 6.01. The summed E-state index contributed by atoms with van der Waals surface area (Å²) < 4.78 is 11.8. The van der Waals surface area contributed by atoms with Gasteiger partial charge in [0, 0.05) is 6.54 Å². The first-order valence-corrected chi connectivity index (χ1v) is 10.9. The summed E-state index contributed by atoms with van der Waals surface area (Å²) in [5, 5.41) is 3.55. The first-order chi connectivity index (χ1) is 13.7. The first-order valence-electron chi connectivity index (χ1n) is 10.9. The number of nitrogens with one attached hydrogen (secondary N) is 1. The SMILES string of the molecule is CCCCCCCCNCc1ccc(OCc2ccc(C)cc2)c(OCC)c1. The Kier molecular flexibility index (Phi) is 10.5. The molecule has 28 heavy (non-hydrogen) atoms. The van der Waals surface area contributed by atoms with E-state index in [0.29, 0.717) is 13.2 Å². The van der Waals surface area contributed by atoms with Crippen LogP contribution in [0.3, 0.4) is 0 Å². The van der Waals surface area contributed by atoms with Crippen LogP contribution in [0.4, 0.5) is 0 Å². The zero-order valence-corrected chi connectivity index (χ0v) is 17.9. The van der Waals surface area contributed by atoms with Gasteiger partial charge in [-0.1, -0.05) is 74.9 Å². The topological polar surface area (TPSA) is 30.5 Å². The van der Waals surface area contributed by atoms with Crippen LogP contribution in [0.25, 0.3) is 0 Å². The smallest absolute Gasteiger partial charge is 0.161 e. The van der Waals surface area contributed by atoms with Gasteiger partial charge in [0.25, 0.3) is 0 Å². The highest BCUT2D eigenvalue weighted by Gasteiger charge is 2.07. The maximum absolute atomic E-state index is 6.01. The molecule has 0 aliphatic rings. The van der Waals surface area contributed by atoms with Gasteiger partial charge in [0.15, 0.2) is 11.5 Å². The van der Waals surface area contributed by atoms with Crippen LogP contribution in [0.2, 0.25) is 0 Å². The van der Waals surface area contributed by atoms with Crippen LogP contribution in [0.1, 0.15) is 69.1 Å². The molecule has 2 rings (SSSR count). The van der Waals surface area contributed by atoms with Gasteiger partial charge in [0.2, 0.25) is 0 Å². The maximum Gasteiger partial charge on any atom is 0.161 e. The van der Waals surface area contributed by atoms with Crippen LogP contribution < -0.4 is 14.8 Å². The van der Waals surface area contributed by atoms with E-state index in [0.717, 1.165) is 30.2 Å². The number of unbranched alkanes of at least 4 members (excludes halogenated alkanes) is 5. The third-order valence-electron chi connectivity index (χ3n) is 4.86. The van der Waals surface area contributed by atoms with Crippen LogP contribution >= 0.6 is 0 Å². The lowest BCUT2D eigenvalue weighted by Gasteiger charge is -2.14. The van der Waals surface area contributed by atoms with Gasteiger partial charge in [0.05, 0.1) is 6.61 Å². The summed E-state index contributed by atoms with van der Waals surface area (Å²) in [6.07, 6.45) is 7.98. The first kappa shape index (κ1) is 22.3. The normalized spacial score (nSPS) is 10.8. The Morgan fingerprint density at radius 1 is 0.750 bits per heavy atom. The molecule has 154 valence electrons. The number of hydrogen-bond donors (Lipinski definition) is 1. The van der Waals surface area contributed by atoms with E-state index >= 15 is 0 Å². The molecule has 0 aliphatic carbocycles. The van der Waals surface area contributed by atoms with Crippen molar-refractivity contribution in [3.05, 3.63) is 59.2 Å². The molecule has 0 atom stereocenters. The van der Waals surface area contributed by atoms with Crippen LogP contribution in [0.15, 0.2) is 42.5 Å². The molecule has 2 aromatic carbocycles. The zero-order chi connectivity index (χ0) is 20.0. The van der Waals surface area contributed by atoms with Crippen molar-refractivity contribution in [3.63, 3.8) is 0 Å². The largest absolute Gasteiger partial charge is 0.490 e. The van der Waals surface area contributed by atoms with E-state index in [4.69, 9.17) is 9.47 Å². The fraction of sp³-hybridized carbons (Fsp3) is 0.520. The van der Waals surface area contributed by atoms with Crippen LogP contribution in [0.5, 0.6) is 11.5 Å². The third kappa shape index (κ3) is 8.35. The molecule has 0 saturated carbocycles. The predicted octanol–water partition coefficient (Wildman–Crippen LogP) is 6.42. The van der Waals surface area contributed by atoms with E-state index in [-0.39, 0.29) is 0 Å². The van der Waals surface area contributed by atoms with Crippen molar-refractivity contribution in [1.29, 1.82) is 0 Å². The molecule has 1 N–H and O–H groups in total. The van der Waals surface area contributed by atoms with Gasteiger partial charge in [0.1, 0.15) is 6.61 Å². The summed E-state index contributed by atoms with van der Waals surface area (Å²) >= 11 is 0. The molecule has 0 fully saturated rings. The molecule has 0 aliphatic heterocycles.